The van der Waals surface area contributed by atoms with Gasteiger partial charge >= 0.3 is 0 Å². The average Bonchev–Trinajstić information content (AvgIpc) is 3.32. The van der Waals surface area contributed by atoms with Gasteiger partial charge in [-0.2, -0.15) is 4.98 Å². The number of carbonyl (C=O) groups excluding carboxylic acids is 2. The van der Waals surface area contributed by atoms with Crippen molar-refractivity contribution < 1.29 is 19.1 Å². The molecule has 3 N–H and O–H groups in total. The zero-order valence-electron chi connectivity index (χ0n) is 18.7. The highest BCUT2D eigenvalue weighted by Gasteiger charge is 2.21. The van der Waals surface area contributed by atoms with E-state index in [-0.39, 0.29) is 23.7 Å². The average molecular weight is 450 g/mol. The molecule has 9 nitrogen and oxygen atoms in total. The van der Waals surface area contributed by atoms with Gasteiger partial charge in [0.15, 0.2) is 5.82 Å². The second kappa shape index (κ2) is 10.2. The summed E-state index contributed by atoms with van der Waals surface area (Å²) in [6, 6.07) is 12.1. The third kappa shape index (κ3) is 5.31. The van der Waals surface area contributed by atoms with Crippen LogP contribution in [0.25, 0.3) is 11.4 Å². The molecular weight excluding hydrogens is 422 g/mol. The van der Waals surface area contributed by atoms with Crippen LogP contribution >= 0.6 is 0 Å². The molecule has 0 atom stereocenters. The number of benzene rings is 2. The molecule has 0 aliphatic heterocycles. The molecule has 9 heteroatoms. The smallest absolute Gasteiger partial charge is 0.258 e. The minimum atomic E-state index is -0.379. The highest BCUT2D eigenvalue weighted by Crippen LogP contribution is 2.31. The Morgan fingerprint density at radius 3 is 2.58 bits per heavy atom. The lowest BCUT2D eigenvalue weighted by Gasteiger charge is -2.20. The number of hydrogen-bond donors (Lipinski definition) is 3. The van der Waals surface area contributed by atoms with Gasteiger partial charge < -0.3 is 14.8 Å². The highest BCUT2D eigenvalue weighted by atomic mass is 16.5. The number of amides is 2. The molecule has 1 saturated carbocycles. The number of carbonyl (C=O) groups is 2. The van der Waals surface area contributed by atoms with Crippen LogP contribution in [0.4, 0.5) is 11.6 Å². The van der Waals surface area contributed by atoms with Crippen LogP contribution in [0.5, 0.6) is 11.5 Å². The second-order valence-electron chi connectivity index (χ2n) is 7.93. The van der Waals surface area contributed by atoms with E-state index in [1.54, 1.807) is 56.7 Å². The van der Waals surface area contributed by atoms with Gasteiger partial charge in [0.05, 0.1) is 19.8 Å². The summed E-state index contributed by atoms with van der Waals surface area (Å²) >= 11 is 0. The summed E-state index contributed by atoms with van der Waals surface area (Å²) < 4.78 is 10.6. The van der Waals surface area contributed by atoms with Crippen molar-refractivity contribution in [3.05, 3.63) is 48.0 Å². The van der Waals surface area contributed by atoms with Crippen LogP contribution in [0.3, 0.4) is 0 Å². The summed E-state index contributed by atoms with van der Waals surface area (Å²) in [7, 11) is 3.13. The van der Waals surface area contributed by atoms with Gasteiger partial charge in [0.25, 0.3) is 5.91 Å². The Morgan fingerprint density at radius 1 is 1.00 bits per heavy atom. The molecular formula is C24H27N5O4. The number of H-pyrrole nitrogens is 1. The first kappa shape index (κ1) is 22.3. The van der Waals surface area contributed by atoms with Crippen LogP contribution in [0, 0.1) is 5.92 Å². The number of nitrogens with zero attached hydrogens (tertiary/aromatic N) is 2. The molecule has 4 rings (SSSR count). The van der Waals surface area contributed by atoms with E-state index in [4.69, 9.17) is 9.47 Å². The van der Waals surface area contributed by atoms with E-state index in [0.717, 1.165) is 25.7 Å². The van der Waals surface area contributed by atoms with Crippen LogP contribution in [-0.4, -0.2) is 41.2 Å². The summed E-state index contributed by atoms with van der Waals surface area (Å²) in [6.07, 6.45) is 5.19. The maximum Gasteiger partial charge on any atom is 0.258 e. The normalized spacial score (nSPS) is 13.9. The zero-order valence-corrected chi connectivity index (χ0v) is 18.7. The molecule has 0 saturated heterocycles. The first-order valence-corrected chi connectivity index (χ1v) is 10.9. The highest BCUT2D eigenvalue weighted by molar-refractivity contribution is 6.04. The van der Waals surface area contributed by atoms with Crippen molar-refractivity contribution >= 4 is 23.5 Å². The molecule has 1 aromatic heterocycles. The van der Waals surface area contributed by atoms with Crippen LogP contribution in [0.1, 0.15) is 42.5 Å². The Morgan fingerprint density at radius 2 is 1.82 bits per heavy atom. The second-order valence-corrected chi connectivity index (χ2v) is 7.93. The van der Waals surface area contributed by atoms with Crippen molar-refractivity contribution in [3.8, 4) is 22.9 Å². The van der Waals surface area contributed by atoms with Gasteiger partial charge in [-0.3, -0.25) is 20.0 Å². The van der Waals surface area contributed by atoms with Gasteiger partial charge in [-0.1, -0.05) is 25.3 Å². The molecule has 3 aromatic rings. The van der Waals surface area contributed by atoms with E-state index in [9.17, 15) is 9.59 Å². The molecule has 2 amide bonds. The molecule has 172 valence electrons. The van der Waals surface area contributed by atoms with Crippen molar-refractivity contribution in [3.63, 3.8) is 0 Å². The Balaban J connectivity index is 1.43. The number of hydrogen-bond acceptors (Lipinski definition) is 6. The van der Waals surface area contributed by atoms with Gasteiger partial charge in [0.1, 0.15) is 11.5 Å². The number of ether oxygens (including phenoxy) is 2. The third-order valence-corrected chi connectivity index (χ3v) is 5.74. The standard InChI is InChI=1S/C24H27N5O4/c1-32-18-11-12-19(20(14-18)33-2)21-26-24(29-28-21)27-23(31)16-9-6-10-17(13-16)25-22(30)15-7-4-3-5-8-15/h6,9-15H,3-5,7-8H2,1-2H3,(H,25,30)(H2,26,27,28,29,31). The monoisotopic (exact) mass is 449 g/mol. The van der Waals surface area contributed by atoms with Gasteiger partial charge in [-0.05, 0) is 43.2 Å². The summed E-state index contributed by atoms with van der Waals surface area (Å²) in [6.45, 7) is 0. The number of methoxy groups -OCH3 is 2. The molecule has 2 aromatic carbocycles. The number of rotatable bonds is 7. The Labute approximate surface area is 191 Å². The number of aromatic nitrogens is 3. The van der Waals surface area contributed by atoms with Crippen molar-refractivity contribution in [2.24, 2.45) is 5.92 Å². The molecule has 0 unspecified atom stereocenters. The van der Waals surface area contributed by atoms with Crippen molar-refractivity contribution in [1.82, 2.24) is 15.2 Å². The van der Waals surface area contributed by atoms with Crippen LogP contribution in [-0.2, 0) is 4.79 Å². The number of nitrogens with one attached hydrogen (secondary N) is 3. The lowest BCUT2D eigenvalue weighted by atomic mass is 9.88. The van der Waals surface area contributed by atoms with Crippen LogP contribution < -0.4 is 20.1 Å². The predicted molar refractivity (Wildman–Crippen MR) is 125 cm³/mol. The molecule has 1 aliphatic carbocycles. The fourth-order valence-corrected chi connectivity index (χ4v) is 3.95. The summed E-state index contributed by atoms with van der Waals surface area (Å²) in [5, 5.41) is 12.5. The van der Waals surface area contributed by atoms with Crippen molar-refractivity contribution in [2.75, 3.05) is 24.9 Å². The van der Waals surface area contributed by atoms with E-state index in [1.807, 2.05) is 0 Å². The number of anilines is 2. The Hall–Kier alpha value is -3.88. The van der Waals surface area contributed by atoms with Crippen LogP contribution in [0.2, 0.25) is 0 Å². The Bertz CT molecular complexity index is 1140. The molecule has 0 radical (unpaired) electrons. The topological polar surface area (TPSA) is 118 Å². The quantitative estimate of drug-likeness (QED) is 0.496. The minimum Gasteiger partial charge on any atom is -0.497 e. The predicted octanol–water partition coefficient (Wildman–Crippen LogP) is 4.26. The van der Waals surface area contributed by atoms with Gasteiger partial charge in [-0.25, -0.2) is 0 Å². The van der Waals surface area contributed by atoms with Gasteiger partial charge in [0.2, 0.25) is 11.9 Å². The van der Waals surface area contributed by atoms with E-state index < -0.39 is 0 Å². The fourth-order valence-electron chi connectivity index (χ4n) is 3.95. The Kier molecular flexibility index (Phi) is 6.87. The van der Waals surface area contributed by atoms with Crippen molar-refractivity contribution in [1.29, 1.82) is 0 Å². The van der Waals surface area contributed by atoms with Gasteiger partial charge in [0, 0.05) is 23.2 Å². The fraction of sp³-hybridized carbons (Fsp3) is 0.333. The molecule has 0 spiro atoms. The first-order chi connectivity index (χ1) is 16.1. The number of aromatic amines is 1. The molecule has 0 bridgehead atoms. The zero-order chi connectivity index (χ0) is 23.2. The third-order valence-electron chi connectivity index (χ3n) is 5.74. The van der Waals surface area contributed by atoms with Gasteiger partial charge in [-0.15, -0.1) is 5.10 Å². The lowest BCUT2D eigenvalue weighted by Crippen LogP contribution is -2.24. The summed E-state index contributed by atoms with van der Waals surface area (Å²) in [4.78, 5) is 29.6. The largest absolute Gasteiger partial charge is 0.497 e. The van der Waals surface area contributed by atoms with E-state index in [0.29, 0.717) is 34.1 Å². The molecule has 1 heterocycles. The molecule has 1 aliphatic rings. The van der Waals surface area contributed by atoms with E-state index in [2.05, 4.69) is 25.8 Å². The van der Waals surface area contributed by atoms with E-state index >= 15 is 0 Å². The van der Waals surface area contributed by atoms with Crippen molar-refractivity contribution in [2.45, 2.75) is 32.1 Å². The molecule has 33 heavy (non-hydrogen) atoms. The summed E-state index contributed by atoms with van der Waals surface area (Å²) in [5.41, 5.74) is 1.67. The summed E-state index contributed by atoms with van der Waals surface area (Å²) in [5.74, 6) is 1.46. The minimum absolute atomic E-state index is 0.0132. The van der Waals surface area contributed by atoms with E-state index in [1.165, 1.54) is 6.42 Å². The SMILES string of the molecule is COc1ccc(-c2nc(NC(=O)c3cccc(NC(=O)C4CCCCC4)c3)n[nH]2)c(OC)c1. The maximum absolute atomic E-state index is 12.7. The lowest BCUT2D eigenvalue weighted by molar-refractivity contribution is -0.120. The maximum atomic E-state index is 12.7. The first-order valence-electron chi connectivity index (χ1n) is 10.9. The van der Waals surface area contributed by atoms with Crippen LogP contribution in [0.15, 0.2) is 42.5 Å². The molecule has 1 fully saturated rings.